The Bertz CT molecular complexity index is 578. The monoisotopic (exact) mass is 270 g/mol. The van der Waals surface area contributed by atoms with E-state index >= 15 is 0 Å². The molecule has 0 spiro atoms. The number of hydrogen-bond acceptors (Lipinski definition) is 3. The third-order valence-corrected chi connectivity index (χ3v) is 3.48. The summed E-state index contributed by atoms with van der Waals surface area (Å²) >= 11 is 0. The number of phenols is 1. The molecule has 0 atom stereocenters. The smallest absolute Gasteiger partial charge is 0.164 e. The number of hydrogen-bond donors (Lipinski definition) is 1. The third-order valence-electron chi connectivity index (χ3n) is 3.48. The van der Waals surface area contributed by atoms with E-state index in [1.165, 1.54) is 5.56 Å². The fraction of sp³-hybridized carbons (Fsp3) is 0.294. The van der Waals surface area contributed by atoms with E-state index in [-0.39, 0.29) is 5.75 Å². The molecule has 0 aliphatic carbocycles. The molecule has 1 heterocycles. The van der Waals surface area contributed by atoms with E-state index in [1.807, 2.05) is 18.2 Å². The maximum absolute atomic E-state index is 9.91. The van der Waals surface area contributed by atoms with Gasteiger partial charge in [-0.3, -0.25) is 0 Å². The molecule has 0 amide bonds. The highest BCUT2D eigenvalue weighted by Crippen LogP contribution is 2.36. The van der Waals surface area contributed by atoms with Crippen LogP contribution in [-0.2, 0) is 12.8 Å². The summed E-state index contributed by atoms with van der Waals surface area (Å²) < 4.78 is 11.1. The normalized spacial score (nSPS) is 12.8. The van der Waals surface area contributed by atoms with Crippen molar-refractivity contribution in [2.75, 3.05) is 13.2 Å². The molecule has 3 nitrogen and oxygen atoms in total. The minimum absolute atomic E-state index is 0.203. The van der Waals surface area contributed by atoms with Crippen LogP contribution >= 0.6 is 0 Å². The summed E-state index contributed by atoms with van der Waals surface area (Å²) in [5.74, 6) is 1.55. The van der Waals surface area contributed by atoms with E-state index in [0.29, 0.717) is 19.0 Å². The number of benzene rings is 2. The lowest BCUT2D eigenvalue weighted by atomic mass is 10.1. The summed E-state index contributed by atoms with van der Waals surface area (Å²) in [5, 5.41) is 9.91. The van der Waals surface area contributed by atoms with Crippen molar-refractivity contribution in [2.45, 2.75) is 19.3 Å². The molecule has 0 bridgehead atoms. The van der Waals surface area contributed by atoms with Gasteiger partial charge < -0.3 is 14.6 Å². The van der Waals surface area contributed by atoms with Gasteiger partial charge in [0.25, 0.3) is 0 Å². The van der Waals surface area contributed by atoms with Crippen molar-refractivity contribution >= 4 is 0 Å². The van der Waals surface area contributed by atoms with E-state index in [2.05, 4.69) is 12.1 Å². The van der Waals surface area contributed by atoms with Crippen LogP contribution in [0, 0.1) is 0 Å². The molecule has 2 aromatic carbocycles. The zero-order valence-corrected chi connectivity index (χ0v) is 11.3. The summed E-state index contributed by atoms with van der Waals surface area (Å²) in [4.78, 5) is 0. The van der Waals surface area contributed by atoms with Crippen LogP contribution in [0.25, 0.3) is 0 Å². The van der Waals surface area contributed by atoms with Crippen LogP contribution in [0.2, 0.25) is 0 Å². The molecule has 1 aliphatic rings. The van der Waals surface area contributed by atoms with Crippen LogP contribution in [0.15, 0.2) is 42.5 Å². The summed E-state index contributed by atoms with van der Waals surface area (Å²) in [6.45, 7) is 1.27. The van der Waals surface area contributed by atoms with Crippen LogP contribution in [-0.4, -0.2) is 18.3 Å². The number of rotatable bonds is 5. The fourth-order valence-corrected chi connectivity index (χ4v) is 2.41. The second-order valence-electron chi connectivity index (χ2n) is 4.96. The first-order valence-corrected chi connectivity index (χ1v) is 6.98. The molecule has 1 aliphatic heterocycles. The molecule has 0 fully saturated rings. The summed E-state index contributed by atoms with van der Waals surface area (Å²) in [6, 6.07) is 13.9. The summed E-state index contributed by atoms with van der Waals surface area (Å²) in [6.07, 6.45) is 2.75. The molecular weight excluding hydrogens is 252 g/mol. The Kier molecular flexibility index (Phi) is 3.77. The Hall–Kier alpha value is -2.16. The SMILES string of the molecule is Oc1cc2c(cc1OCCCc1ccccc1)OCC2. The van der Waals surface area contributed by atoms with Gasteiger partial charge in [0.1, 0.15) is 5.75 Å². The number of fused-ring (bicyclic) bond motifs is 1. The molecular formula is C17H18O3. The van der Waals surface area contributed by atoms with E-state index in [4.69, 9.17) is 9.47 Å². The highest BCUT2D eigenvalue weighted by molar-refractivity contribution is 5.51. The number of aryl methyl sites for hydroxylation is 1. The zero-order valence-electron chi connectivity index (χ0n) is 11.3. The third kappa shape index (κ3) is 2.87. The summed E-state index contributed by atoms with van der Waals surface area (Å²) in [7, 11) is 0. The van der Waals surface area contributed by atoms with Crippen LogP contribution in [0.3, 0.4) is 0 Å². The minimum Gasteiger partial charge on any atom is -0.504 e. The zero-order chi connectivity index (χ0) is 13.8. The standard InChI is InChI=1S/C17H18O3/c18-15-11-14-8-10-20-16(14)12-17(15)19-9-4-7-13-5-2-1-3-6-13/h1-3,5-6,11-12,18H,4,7-10H2. The summed E-state index contributed by atoms with van der Waals surface area (Å²) in [5.41, 5.74) is 2.36. The lowest BCUT2D eigenvalue weighted by Crippen LogP contribution is -2.00. The van der Waals surface area contributed by atoms with Gasteiger partial charge in [-0.1, -0.05) is 30.3 Å². The van der Waals surface area contributed by atoms with Crippen LogP contribution < -0.4 is 9.47 Å². The lowest BCUT2D eigenvalue weighted by molar-refractivity contribution is 0.291. The van der Waals surface area contributed by atoms with Crippen LogP contribution in [0.4, 0.5) is 0 Å². The molecule has 0 unspecified atom stereocenters. The highest BCUT2D eigenvalue weighted by atomic mass is 16.5. The Labute approximate surface area is 118 Å². The molecule has 2 aromatic rings. The van der Waals surface area contributed by atoms with Crippen LogP contribution in [0.5, 0.6) is 17.2 Å². The van der Waals surface area contributed by atoms with Crippen molar-refractivity contribution in [1.82, 2.24) is 0 Å². The largest absolute Gasteiger partial charge is 0.504 e. The highest BCUT2D eigenvalue weighted by Gasteiger charge is 2.16. The number of aromatic hydroxyl groups is 1. The first-order valence-electron chi connectivity index (χ1n) is 6.98. The predicted octanol–water partition coefficient (Wildman–Crippen LogP) is 3.34. The van der Waals surface area contributed by atoms with E-state index in [0.717, 1.165) is 30.6 Å². The Morgan fingerprint density at radius 3 is 2.85 bits per heavy atom. The molecule has 3 heteroatoms. The van der Waals surface area contributed by atoms with Crippen molar-refractivity contribution in [2.24, 2.45) is 0 Å². The van der Waals surface area contributed by atoms with Crippen molar-refractivity contribution in [1.29, 1.82) is 0 Å². The first kappa shape index (κ1) is 12.9. The number of phenolic OH excluding ortho intramolecular Hbond substituents is 1. The second kappa shape index (κ2) is 5.87. The van der Waals surface area contributed by atoms with Crippen molar-refractivity contribution in [3.05, 3.63) is 53.6 Å². The maximum Gasteiger partial charge on any atom is 0.164 e. The first-order chi connectivity index (χ1) is 9.83. The molecule has 0 aromatic heterocycles. The maximum atomic E-state index is 9.91. The quantitative estimate of drug-likeness (QED) is 0.847. The lowest BCUT2D eigenvalue weighted by Gasteiger charge is -2.10. The van der Waals surface area contributed by atoms with Crippen molar-refractivity contribution in [3.8, 4) is 17.2 Å². The van der Waals surface area contributed by atoms with Gasteiger partial charge in [0.15, 0.2) is 11.5 Å². The van der Waals surface area contributed by atoms with E-state index in [1.54, 1.807) is 12.1 Å². The second-order valence-corrected chi connectivity index (χ2v) is 4.96. The van der Waals surface area contributed by atoms with Gasteiger partial charge >= 0.3 is 0 Å². The topological polar surface area (TPSA) is 38.7 Å². The van der Waals surface area contributed by atoms with Gasteiger partial charge in [-0.2, -0.15) is 0 Å². The molecule has 0 saturated heterocycles. The molecule has 104 valence electrons. The molecule has 1 N–H and O–H groups in total. The Morgan fingerprint density at radius 1 is 1.15 bits per heavy atom. The van der Waals surface area contributed by atoms with Gasteiger partial charge in [0.05, 0.1) is 13.2 Å². The molecule has 0 saturated carbocycles. The fourth-order valence-electron chi connectivity index (χ4n) is 2.41. The average Bonchev–Trinajstić information content (AvgIpc) is 2.91. The van der Waals surface area contributed by atoms with Gasteiger partial charge in [-0.25, -0.2) is 0 Å². The van der Waals surface area contributed by atoms with E-state index < -0.39 is 0 Å². The Balaban J connectivity index is 1.54. The van der Waals surface area contributed by atoms with Crippen molar-refractivity contribution in [3.63, 3.8) is 0 Å². The predicted molar refractivity (Wildman–Crippen MR) is 77.6 cm³/mol. The van der Waals surface area contributed by atoms with Gasteiger partial charge in [0.2, 0.25) is 0 Å². The Morgan fingerprint density at radius 2 is 2.00 bits per heavy atom. The van der Waals surface area contributed by atoms with Gasteiger partial charge in [-0.05, 0) is 24.5 Å². The van der Waals surface area contributed by atoms with Gasteiger partial charge in [-0.15, -0.1) is 0 Å². The van der Waals surface area contributed by atoms with Gasteiger partial charge in [0, 0.05) is 18.1 Å². The average molecular weight is 270 g/mol. The van der Waals surface area contributed by atoms with E-state index in [9.17, 15) is 5.11 Å². The number of ether oxygens (including phenoxy) is 2. The van der Waals surface area contributed by atoms with Crippen molar-refractivity contribution < 1.29 is 14.6 Å². The molecule has 3 rings (SSSR count). The van der Waals surface area contributed by atoms with Crippen LogP contribution in [0.1, 0.15) is 17.5 Å². The molecule has 0 radical (unpaired) electrons. The molecule has 20 heavy (non-hydrogen) atoms. The minimum atomic E-state index is 0.203.